The standard InChI is InChI=1S/C48H38F6N2O2/c1-29(2)41-27-43(55(31-13-7-5-8-14-31)33-17-11-19-35(25-33)57-47(49,50)51)39-24-22-38-42(30(3)4)28-44(40-23-21-37(41)45(39)46(38)40)56(32-15-9-6-10-16-32)34-18-12-20-36(26-34)58-48(52,53)54/h5-30H,1-4H3. The van der Waals surface area contributed by atoms with E-state index in [1.807, 2.05) is 70.5 Å². The Kier molecular flexibility index (Phi) is 9.83. The highest BCUT2D eigenvalue weighted by Gasteiger charge is 2.33. The number of para-hydroxylation sites is 2. The van der Waals surface area contributed by atoms with Gasteiger partial charge in [0, 0.05) is 45.7 Å². The summed E-state index contributed by atoms with van der Waals surface area (Å²) in [7, 11) is 0. The molecule has 0 aromatic heterocycles. The molecule has 4 nitrogen and oxygen atoms in total. The minimum atomic E-state index is -4.87. The van der Waals surface area contributed by atoms with Crippen LogP contribution in [-0.4, -0.2) is 12.7 Å². The van der Waals surface area contributed by atoms with Gasteiger partial charge in [-0.2, -0.15) is 0 Å². The molecule has 0 saturated carbocycles. The number of hydrogen-bond acceptors (Lipinski definition) is 4. The number of benzene rings is 8. The van der Waals surface area contributed by atoms with Crippen molar-refractivity contribution in [2.45, 2.75) is 52.3 Å². The Morgan fingerprint density at radius 1 is 0.397 bits per heavy atom. The average molecular weight is 789 g/mol. The molecule has 10 heteroatoms. The SMILES string of the molecule is CC(C)c1cc(N(c2ccccc2)c2cccc(OC(F)(F)F)c2)c2ccc3c(C(C)C)cc(N(c4ccccc4)c4cccc(OC(F)(F)F)c4)c4ccc1c2c34. The van der Waals surface area contributed by atoms with Gasteiger partial charge < -0.3 is 19.3 Å². The van der Waals surface area contributed by atoms with Crippen molar-refractivity contribution in [3.05, 3.63) is 157 Å². The Hall–Kier alpha value is -6.42. The summed E-state index contributed by atoms with van der Waals surface area (Å²) in [5, 5.41) is 5.70. The lowest BCUT2D eigenvalue weighted by molar-refractivity contribution is -0.275. The van der Waals surface area contributed by atoms with Gasteiger partial charge in [0.25, 0.3) is 0 Å². The highest BCUT2D eigenvalue weighted by Crippen LogP contribution is 2.51. The molecule has 0 aliphatic heterocycles. The average Bonchev–Trinajstić information content (AvgIpc) is 3.17. The second-order valence-electron chi connectivity index (χ2n) is 14.8. The van der Waals surface area contributed by atoms with Crippen molar-refractivity contribution in [2.75, 3.05) is 9.80 Å². The molecule has 8 aromatic rings. The lowest BCUT2D eigenvalue weighted by Crippen LogP contribution is -2.18. The summed E-state index contributed by atoms with van der Waals surface area (Å²) in [5.74, 6) is -0.599. The first-order valence-electron chi connectivity index (χ1n) is 18.9. The molecule has 0 spiro atoms. The van der Waals surface area contributed by atoms with Gasteiger partial charge in [-0.05, 0) is 105 Å². The number of hydrogen-bond donors (Lipinski definition) is 0. The molecule has 8 aromatic carbocycles. The Labute approximate surface area is 331 Å². The van der Waals surface area contributed by atoms with E-state index in [-0.39, 0.29) is 23.3 Å². The van der Waals surface area contributed by atoms with Crippen molar-refractivity contribution in [1.29, 1.82) is 0 Å². The first kappa shape index (κ1) is 38.5. The monoisotopic (exact) mass is 788 g/mol. The smallest absolute Gasteiger partial charge is 0.406 e. The summed E-state index contributed by atoms with van der Waals surface area (Å²) >= 11 is 0. The van der Waals surface area contributed by atoms with E-state index in [4.69, 9.17) is 0 Å². The van der Waals surface area contributed by atoms with Gasteiger partial charge in [0.05, 0.1) is 11.4 Å². The van der Waals surface area contributed by atoms with Gasteiger partial charge in [-0.1, -0.05) is 100 Å². The first-order valence-corrected chi connectivity index (χ1v) is 18.9. The van der Waals surface area contributed by atoms with Crippen LogP contribution in [0, 0.1) is 0 Å². The van der Waals surface area contributed by atoms with E-state index in [0.717, 1.165) is 66.2 Å². The Balaban J connectivity index is 1.47. The molecule has 0 aliphatic rings. The van der Waals surface area contributed by atoms with Crippen molar-refractivity contribution in [1.82, 2.24) is 0 Å². The van der Waals surface area contributed by atoms with Gasteiger partial charge in [-0.15, -0.1) is 26.3 Å². The van der Waals surface area contributed by atoms with Crippen LogP contribution in [0.3, 0.4) is 0 Å². The minimum absolute atomic E-state index is 0.0436. The van der Waals surface area contributed by atoms with Crippen LogP contribution >= 0.6 is 0 Å². The molecule has 0 radical (unpaired) electrons. The van der Waals surface area contributed by atoms with Crippen LogP contribution in [0.5, 0.6) is 11.5 Å². The third kappa shape index (κ3) is 7.42. The summed E-state index contributed by atoms with van der Waals surface area (Å²) in [4.78, 5) is 3.90. The Bertz CT molecular complexity index is 2540. The van der Waals surface area contributed by atoms with Crippen molar-refractivity contribution in [3.63, 3.8) is 0 Å². The Morgan fingerprint density at radius 2 is 0.741 bits per heavy atom. The molecule has 0 fully saturated rings. The van der Waals surface area contributed by atoms with E-state index in [9.17, 15) is 26.3 Å². The summed E-state index contributed by atoms with van der Waals surface area (Å²) in [5.41, 5.74) is 5.99. The zero-order chi connectivity index (χ0) is 40.9. The fourth-order valence-electron chi connectivity index (χ4n) is 7.98. The summed E-state index contributed by atoms with van der Waals surface area (Å²) in [6, 6.07) is 43.4. The lowest BCUT2D eigenvalue weighted by atomic mass is 9.84. The molecular weight excluding hydrogens is 751 g/mol. The second-order valence-corrected chi connectivity index (χ2v) is 14.8. The van der Waals surface area contributed by atoms with Gasteiger partial charge in [0.2, 0.25) is 0 Å². The highest BCUT2D eigenvalue weighted by molar-refractivity contribution is 6.29. The zero-order valence-corrected chi connectivity index (χ0v) is 32.0. The van der Waals surface area contributed by atoms with Crippen LogP contribution in [0.15, 0.2) is 146 Å². The van der Waals surface area contributed by atoms with Crippen molar-refractivity contribution >= 4 is 66.4 Å². The number of halogens is 6. The molecule has 0 N–H and O–H groups in total. The quantitative estimate of drug-likeness (QED) is 0.102. The first-order chi connectivity index (χ1) is 27.7. The van der Waals surface area contributed by atoms with E-state index in [2.05, 4.69) is 73.6 Å². The van der Waals surface area contributed by atoms with E-state index >= 15 is 0 Å². The normalized spacial score (nSPS) is 12.3. The lowest BCUT2D eigenvalue weighted by Gasteiger charge is -2.31. The fourth-order valence-corrected chi connectivity index (χ4v) is 7.98. The Morgan fingerprint density at radius 3 is 1.09 bits per heavy atom. The van der Waals surface area contributed by atoms with Crippen LogP contribution in [0.4, 0.5) is 60.5 Å². The van der Waals surface area contributed by atoms with E-state index < -0.39 is 12.7 Å². The molecule has 8 rings (SSSR count). The fraction of sp³-hybridized carbons (Fsp3) is 0.167. The molecule has 0 saturated heterocycles. The highest BCUT2D eigenvalue weighted by atomic mass is 19.4. The maximum atomic E-state index is 13.5. The third-order valence-electron chi connectivity index (χ3n) is 10.3. The number of anilines is 6. The van der Waals surface area contributed by atoms with Crippen molar-refractivity contribution < 1.29 is 35.8 Å². The number of nitrogens with zero attached hydrogens (tertiary/aromatic N) is 2. The van der Waals surface area contributed by atoms with E-state index in [1.54, 1.807) is 24.3 Å². The molecule has 0 bridgehead atoms. The molecule has 294 valence electrons. The molecule has 0 aliphatic carbocycles. The van der Waals surface area contributed by atoms with Gasteiger partial charge >= 0.3 is 12.7 Å². The number of rotatable bonds is 10. The summed E-state index contributed by atoms with van der Waals surface area (Å²) < 4.78 is 89.7. The molecule has 0 unspecified atom stereocenters. The molecule has 0 heterocycles. The van der Waals surface area contributed by atoms with Gasteiger partial charge in [0.1, 0.15) is 11.5 Å². The van der Waals surface area contributed by atoms with Gasteiger partial charge in [-0.25, -0.2) is 0 Å². The second kappa shape index (κ2) is 14.8. The molecule has 0 amide bonds. The van der Waals surface area contributed by atoms with E-state index in [0.29, 0.717) is 11.4 Å². The molecule has 0 atom stereocenters. The van der Waals surface area contributed by atoms with Crippen molar-refractivity contribution in [3.8, 4) is 11.5 Å². The van der Waals surface area contributed by atoms with Crippen LogP contribution in [0.1, 0.15) is 50.7 Å². The van der Waals surface area contributed by atoms with Crippen LogP contribution < -0.4 is 19.3 Å². The molecule has 58 heavy (non-hydrogen) atoms. The van der Waals surface area contributed by atoms with Gasteiger partial charge in [-0.3, -0.25) is 0 Å². The maximum Gasteiger partial charge on any atom is 0.573 e. The van der Waals surface area contributed by atoms with Crippen LogP contribution in [0.25, 0.3) is 32.3 Å². The summed E-state index contributed by atoms with van der Waals surface area (Å²) in [6.45, 7) is 8.44. The van der Waals surface area contributed by atoms with Crippen molar-refractivity contribution in [2.24, 2.45) is 0 Å². The third-order valence-corrected chi connectivity index (χ3v) is 10.3. The maximum absolute atomic E-state index is 13.5. The largest absolute Gasteiger partial charge is 0.573 e. The number of alkyl halides is 6. The predicted molar refractivity (Wildman–Crippen MR) is 221 cm³/mol. The number of ether oxygens (including phenoxy) is 2. The van der Waals surface area contributed by atoms with Crippen LogP contribution in [0.2, 0.25) is 0 Å². The topological polar surface area (TPSA) is 24.9 Å². The zero-order valence-electron chi connectivity index (χ0n) is 32.0. The van der Waals surface area contributed by atoms with E-state index in [1.165, 1.54) is 24.3 Å². The minimum Gasteiger partial charge on any atom is -0.406 e. The summed E-state index contributed by atoms with van der Waals surface area (Å²) in [6.07, 6.45) is -9.75. The molecular formula is C48H38F6N2O2. The van der Waals surface area contributed by atoms with Crippen LogP contribution in [-0.2, 0) is 0 Å². The van der Waals surface area contributed by atoms with Gasteiger partial charge in [0.15, 0.2) is 0 Å². The predicted octanol–water partition coefficient (Wildman–Crippen LogP) is 15.6.